The van der Waals surface area contributed by atoms with E-state index in [1.54, 1.807) is 18.2 Å². The van der Waals surface area contributed by atoms with Crippen LogP contribution in [0.25, 0.3) is 0 Å². The summed E-state index contributed by atoms with van der Waals surface area (Å²) in [6, 6.07) is 21.0. The van der Waals surface area contributed by atoms with Crippen LogP contribution in [0.3, 0.4) is 0 Å². The molecule has 6 unspecified atom stereocenters. The fourth-order valence-electron chi connectivity index (χ4n) is 8.52. The number of phenolic OH excluding ortho intramolecular Hbond substituents is 1. The average molecular weight is 668 g/mol. The molecular formula is C37H34ClN3O7. The van der Waals surface area contributed by atoms with Crippen molar-refractivity contribution in [3.63, 3.8) is 0 Å². The first-order chi connectivity index (χ1) is 23.0. The Labute approximate surface area is 282 Å². The number of imide groups is 2. The first kappa shape index (κ1) is 31.6. The molecule has 3 N–H and O–H groups in total. The summed E-state index contributed by atoms with van der Waals surface area (Å²) in [6.45, 7) is 1.93. The standard InChI is InChI=1S/C37H34ClN3O7/c1-20-9-11-22(12-10-20)39-41-34(46)28-19-27-24(15-16-26-31(27)35(47)40(33(26)45)17-5-8-30(43)44)32(25-14-13-23(42)18-29(25)38)37(28,36(41)48)21-6-3-2-4-7-21/h2-4,6-7,9-15,18,26-28,31-32,39,42H,5,8,16-17,19H2,1H3,(H,43,44). The quantitative estimate of drug-likeness (QED) is 0.220. The van der Waals surface area contributed by atoms with Crippen molar-refractivity contribution in [2.75, 3.05) is 12.0 Å². The van der Waals surface area contributed by atoms with Gasteiger partial charge in [0.1, 0.15) is 5.75 Å². The van der Waals surface area contributed by atoms with Crippen LogP contribution in [0.15, 0.2) is 84.4 Å². The van der Waals surface area contributed by atoms with Gasteiger partial charge < -0.3 is 10.2 Å². The van der Waals surface area contributed by atoms with Gasteiger partial charge >= 0.3 is 5.97 Å². The molecule has 2 saturated heterocycles. The zero-order valence-electron chi connectivity index (χ0n) is 26.1. The van der Waals surface area contributed by atoms with Crippen molar-refractivity contribution in [1.82, 2.24) is 9.91 Å². The number of rotatable bonds is 8. The van der Waals surface area contributed by atoms with Gasteiger partial charge in [-0.1, -0.05) is 77.3 Å². The number of hydrogen-bond acceptors (Lipinski definition) is 7. The van der Waals surface area contributed by atoms with Gasteiger partial charge in [-0.15, -0.1) is 0 Å². The molecule has 2 aliphatic heterocycles. The molecule has 0 radical (unpaired) electrons. The Kier molecular flexibility index (Phi) is 7.86. The highest BCUT2D eigenvalue weighted by Crippen LogP contribution is 2.64. The minimum Gasteiger partial charge on any atom is -0.508 e. The minimum atomic E-state index is -1.47. The molecular weight excluding hydrogens is 634 g/mol. The number of anilines is 1. The maximum absolute atomic E-state index is 15.1. The second-order valence-electron chi connectivity index (χ2n) is 13.1. The molecule has 4 aliphatic rings. The molecule has 246 valence electrons. The third kappa shape index (κ3) is 4.80. The molecule has 3 fully saturated rings. The van der Waals surface area contributed by atoms with E-state index in [0.717, 1.165) is 16.1 Å². The summed E-state index contributed by atoms with van der Waals surface area (Å²) in [6.07, 6.45) is 2.26. The van der Waals surface area contributed by atoms with E-state index in [1.807, 2.05) is 55.5 Å². The number of aryl methyl sites for hydroxylation is 1. The molecule has 3 aromatic rings. The van der Waals surface area contributed by atoms with Gasteiger partial charge in [-0.2, -0.15) is 5.01 Å². The van der Waals surface area contributed by atoms with Crippen molar-refractivity contribution in [2.45, 2.75) is 43.9 Å². The Bertz CT molecular complexity index is 1880. The van der Waals surface area contributed by atoms with Gasteiger partial charge in [0.15, 0.2) is 0 Å². The number of benzene rings is 3. The van der Waals surface area contributed by atoms with Crippen molar-refractivity contribution < 1.29 is 34.2 Å². The lowest BCUT2D eigenvalue weighted by atomic mass is 9.49. The maximum atomic E-state index is 15.1. The molecule has 1 saturated carbocycles. The fraction of sp³-hybridized carbons (Fsp3) is 0.324. The van der Waals surface area contributed by atoms with Crippen LogP contribution < -0.4 is 5.43 Å². The predicted molar refractivity (Wildman–Crippen MR) is 175 cm³/mol. The summed E-state index contributed by atoms with van der Waals surface area (Å²) in [7, 11) is 0. The van der Waals surface area contributed by atoms with Crippen LogP contribution in [0.1, 0.15) is 48.3 Å². The highest BCUT2D eigenvalue weighted by atomic mass is 35.5. The normalized spacial score (nSPS) is 27.8. The molecule has 0 spiro atoms. The number of carboxylic acid groups (broad SMARTS) is 1. The van der Waals surface area contributed by atoms with Crippen LogP contribution in [0, 0.1) is 30.6 Å². The van der Waals surface area contributed by atoms with Crippen LogP contribution >= 0.6 is 11.6 Å². The second-order valence-corrected chi connectivity index (χ2v) is 13.5. The Morgan fingerprint density at radius 1 is 0.958 bits per heavy atom. The molecule has 0 bridgehead atoms. The van der Waals surface area contributed by atoms with Crippen molar-refractivity contribution in [3.05, 3.63) is 106 Å². The number of carboxylic acids is 1. The SMILES string of the molecule is Cc1ccc(NN2C(=O)C3CC4C(=CCC5C(=O)N(CCCC(=O)O)C(=O)C54)C(c4ccc(O)cc4Cl)C3(c3ccccc3)C2=O)cc1. The van der Waals surface area contributed by atoms with Crippen molar-refractivity contribution in [2.24, 2.45) is 23.7 Å². The number of carbonyl (C=O) groups is 5. The highest BCUT2D eigenvalue weighted by molar-refractivity contribution is 6.31. The second kappa shape index (κ2) is 11.9. The number of carbonyl (C=O) groups excluding carboxylic acids is 4. The van der Waals surface area contributed by atoms with Gasteiger partial charge in [0, 0.05) is 23.9 Å². The topological polar surface area (TPSA) is 144 Å². The van der Waals surface area contributed by atoms with Gasteiger partial charge in [0.2, 0.25) is 11.8 Å². The number of hydrazine groups is 1. The van der Waals surface area contributed by atoms with Gasteiger partial charge in [0.05, 0.1) is 28.9 Å². The molecule has 11 heteroatoms. The molecule has 2 heterocycles. The number of fused-ring (bicyclic) bond motifs is 4. The molecule has 6 atom stereocenters. The number of amides is 4. The van der Waals surface area contributed by atoms with Gasteiger partial charge in [-0.3, -0.25) is 34.3 Å². The third-order valence-electron chi connectivity index (χ3n) is 10.6. The molecule has 4 amide bonds. The number of phenols is 1. The van der Waals surface area contributed by atoms with E-state index >= 15 is 4.79 Å². The zero-order chi connectivity index (χ0) is 33.9. The molecule has 3 aromatic carbocycles. The lowest BCUT2D eigenvalue weighted by molar-refractivity contribution is -0.142. The van der Waals surface area contributed by atoms with Crippen molar-refractivity contribution >= 4 is 46.9 Å². The van der Waals surface area contributed by atoms with E-state index in [1.165, 1.54) is 17.0 Å². The summed E-state index contributed by atoms with van der Waals surface area (Å²) in [5, 5.41) is 20.7. The maximum Gasteiger partial charge on any atom is 0.303 e. The summed E-state index contributed by atoms with van der Waals surface area (Å²) < 4.78 is 0. The van der Waals surface area contributed by atoms with Crippen LogP contribution in [0.4, 0.5) is 5.69 Å². The number of likely N-dealkylation sites (tertiary alicyclic amines) is 1. The Balaban J connectivity index is 1.40. The van der Waals surface area contributed by atoms with Gasteiger partial charge in [-0.05, 0) is 67.5 Å². The molecule has 10 nitrogen and oxygen atoms in total. The predicted octanol–water partition coefficient (Wildman–Crippen LogP) is 5.20. The van der Waals surface area contributed by atoms with E-state index in [0.29, 0.717) is 16.8 Å². The first-order valence-electron chi connectivity index (χ1n) is 16.1. The summed E-state index contributed by atoms with van der Waals surface area (Å²) in [5.41, 5.74) is 5.02. The van der Waals surface area contributed by atoms with Crippen molar-refractivity contribution in [1.29, 1.82) is 0 Å². The molecule has 2 aliphatic carbocycles. The summed E-state index contributed by atoms with van der Waals surface area (Å²) >= 11 is 6.88. The smallest absolute Gasteiger partial charge is 0.303 e. The Morgan fingerprint density at radius 3 is 2.38 bits per heavy atom. The number of nitrogens with zero attached hydrogens (tertiary/aromatic N) is 2. The van der Waals surface area contributed by atoms with E-state index in [9.17, 15) is 24.3 Å². The van der Waals surface area contributed by atoms with Gasteiger partial charge in [-0.25, -0.2) is 0 Å². The minimum absolute atomic E-state index is 0.00468. The van der Waals surface area contributed by atoms with Crippen LogP contribution in [0.2, 0.25) is 5.02 Å². The molecule has 0 aromatic heterocycles. The lowest BCUT2D eigenvalue weighted by Gasteiger charge is -2.50. The number of aliphatic carboxylic acids is 1. The van der Waals surface area contributed by atoms with Crippen LogP contribution in [-0.2, 0) is 29.4 Å². The van der Waals surface area contributed by atoms with Crippen LogP contribution in [-0.4, -0.2) is 56.3 Å². The van der Waals surface area contributed by atoms with Crippen molar-refractivity contribution in [3.8, 4) is 5.75 Å². The van der Waals surface area contributed by atoms with E-state index in [2.05, 4.69) is 5.43 Å². The lowest BCUT2D eigenvalue weighted by Crippen LogP contribution is -2.53. The fourth-order valence-corrected chi connectivity index (χ4v) is 8.80. The Morgan fingerprint density at radius 2 is 1.69 bits per heavy atom. The number of nitrogens with one attached hydrogen (secondary N) is 1. The molecule has 7 rings (SSSR count). The van der Waals surface area contributed by atoms with E-state index < -0.39 is 52.8 Å². The number of aromatic hydroxyl groups is 1. The van der Waals surface area contributed by atoms with Crippen LogP contribution in [0.5, 0.6) is 5.75 Å². The summed E-state index contributed by atoms with van der Waals surface area (Å²) in [5.74, 6) is -6.51. The monoisotopic (exact) mass is 667 g/mol. The Hall–Kier alpha value is -4.96. The number of hydrogen-bond donors (Lipinski definition) is 3. The first-order valence-corrected chi connectivity index (χ1v) is 16.4. The van der Waals surface area contributed by atoms with E-state index in [4.69, 9.17) is 16.7 Å². The van der Waals surface area contributed by atoms with E-state index in [-0.39, 0.29) is 54.8 Å². The average Bonchev–Trinajstić information content (AvgIpc) is 3.43. The molecule has 48 heavy (non-hydrogen) atoms. The number of halogens is 1. The highest BCUT2D eigenvalue weighted by Gasteiger charge is 2.70. The summed E-state index contributed by atoms with van der Waals surface area (Å²) in [4.78, 5) is 69.7. The van der Waals surface area contributed by atoms with Gasteiger partial charge in [0.25, 0.3) is 11.8 Å². The zero-order valence-corrected chi connectivity index (χ0v) is 26.9. The number of allylic oxidation sites excluding steroid dienone is 2. The largest absolute Gasteiger partial charge is 0.508 e. The third-order valence-corrected chi connectivity index (χ3v) is 10.9.